The van der Waals surface area contributed by atoms with Crippen molar-refractivity contribution >= 4 is 35.8 Å². The molecule has 0 bridgehead atoms. The Morgan fingerprint density at radius 1 is 1.15 bits per heavy atom. The van der Waals surface area contributed by atoms with Gasteiger partial charge in [0.05, 0.1) is 12.7 Å². The summed E-state index contributed by atoms with van der Waals surface area (Å²) < 4.78 is 5.65. The Kier molecular flexibility index (Phi) is 8.39. The number of aliphatic imine (C=N–C) groups is 1. The Hall–Kier alpha value is -2.10. The summed E-state index contributed by atoms with van der Waals surface area (Å²) in [6.45, 7) is 4.97. The first kappa shape index (κ1) is 20.2. The zero-order chi connectivity index (χ0) is 17.3. The van der Waals surface area contributed by atoms with Crippen molar-refractivity contribution in [2.75, 3.05) is 51.3 Å². The lowest BCUT2D eigenvalue weighted by Crippen LogP contribution is -2.53. The summed E-state index contributed by atoms with van der Waals surface area (Å²) in [4.78, 5) is 17.4. The van der Waals surface area contributed by atoms with Gasteiger partial charge in [-0.15, -0.1) is 24.0 Å². The molecule has 1 aliphatic heterocycles. The van der Waals surface area contributed by atoms with E-state index in [1.807, 2.05) is 37.5 Å². The van der Waals surface area contributed by atoms with Gasteiger partial charge in [0.1, 0.15) is 18.2 Å². The summed E-state index contributed by atoms with van der Waals surface area (Å²) in [5.74, 6) is 2.73. The number of hydrogen-bond donors (Lipinski definition) is 1. The number of hydrogen-bond acceptors (Lipinski definition) is 5. The number of guanidine groups is 1. The number of rotatable bonds is 5. The van der Waals surface area contributed by atoms with E-state index in [0.29, 0.717) is 13.2 Å². The van der Waals surface area contributed by atoms with E-state index in [2.05, 4.69) is 36.1 Å². The molecular formula is C18H25IN6O. The number of ether oxygens (including phenoxy) is 1. The Morgan fingerprint density at radius 2 is 2.00 bits per heavy atom. The number of nitrogens with one attached hydrogen (secondary N) is 1. The van der Waals surface area contributed by atoms with Gasteiger partial charge in [-0.05, 0) is 24.3 Å². The summed E-state index contributed by atoms with van der Waals surface area (Å²) in [6.07, 6.45) is 5.29. The van der Waals surface area contributed by atoms with Crippen LogP contribution in [0.4, 0.5) is 5.82 Å². The first-order valence-corrected chi connectivity index (χ1v) is 8.51. The number of piperazine rings is 1. The zero-order valence-corrected chi connectivity index (χ0v) is 17.2. The molecule has 7 nitrogen and oxygen atoms in total. The van der Waals surface area contributed by atoms with E-state index in [0.717, 1.165) is 43.7 Å². The molecule has 0 saturated carbocycles. The minimum Gasteiger partial charge on any atom is -0.490 e. The van der Waals surface area contributed by atoms with Crippen LogP contribution in [0.1, 0.15) is 0 Å². The molecule has 0 amide bonds. The molecule has 0 spiro atoms. The van der Waals surface area contributed by atoms with Crippen LogP contribution in [0.3, 0.4) is 0 Å². The molecule has 0 aliphatic carbocycles. The SMILES string of the molecule is CN=C(NCCOc1cccnc1)N1CCN(c2ccccn2)CC1.I. The second-order valence-electron chi connectivity index (χ2n) is 5.67. The summed E-state index contributed by atoms with van der Waals surface area (Å²) in [7, 11) is 1.81. The molecule has 1 N–H and O–H groups in total. The van der Waals surface area contributed by atoms with Gasteiger partial charge in [-0.1, -0.05) is 6.07 Å². The second-order valence-corrected chi connectivity index (χ2v) is 5.67. The second kappa shape index (κ2) is 10.8. The predicted octanol–water partition coefficient (Wildman–Crippen LogP) is 1.87. The quantitative estimate of drug-likeness (QED) is 0.313. The van der Waals surface area contributed by atoms with Gasteiger partial charge >= 0.3 is 0 Å². The number of anilines is 1. The Morgan fingerprint density at radius 3 is 2.65 bits per heavy atom. The fourth-order valence-corrected chi connectivity index (χ4v) is 2.78. The molecule has 3 rings (SSSR count). The monoisotopic (exact) mass is 468 g/mol. The first-order chi connectivity index (χ1) is 12.4. The van der Waals surface area contributed by atoms with Gasteiger partial charge in [-0.2, -0.15) is 0 Å². The lowest BCUT2D eigenvalue weighted by molar-refractivity contribution is 0.314. The smallest absolute Gasteiger partial charge is 0.193 e. The third-order valence-corrected chi connectivity index (χ3v) is 4.05. The van der Waals surface area contributed by atoms with Crippen molar-refractivity contribution in [3.8, 4) is 5.75 Å². The lowest BCUT2D eigenvalue weighted by Gasteiger charge is -2.37. The topological polar surface area (TPSA) is 65.9 Å². The van der Waals surface area contributed by atoms with Gasteiger partial charge in [0.25, 0.3) is 0 Å². The van der Waals surface area contributed by atoms with Gasteiger partial charge in [0.2, 0.25) is 0 Å². The Balaban J connectivity index is 0.00000243. The maximum atomic E-state index is 5.65. The normalized spacial score (nSPS) is 14.6. The third kappa shape index (κ3) is 5.72. The predicted molar refractivity (Wildman–Crippen MR) is 115 cm³/mol. The third-order valence-electron chi connectivity index (χ3n) is 4.05. The molecule has 3 heterocycles. The highest BCUT2D eigenvalue weighted by atomic mass is 127. The van der Waals surface area contributed by atoms with Crippen LogP contribution in [0.15, 0.2) is 53.9 Å². The first-order valence-electron chi connectivity index (χ1n) is 8.51. The summed E-state index contributed by atoms with van der Waals surface area (Å²) in [5.41, 5.74) is 0. The van der Waals surface area contributed by atoms with Crippen LogP contribution in [-0.4, -0.2) is 67.2 Å². The van der Waals surface area contributed by atoms with E-state index >= 15 is 0 Å². The van der Waals surface area contributed by atoms with E-state index in [1.165, 1.54) is 0 Å². The fraction of sp³-hybridized carbons (Fsp3) is 0.389. The summed E-state index contributed by atoms with van der Waals surface area (Å²) in [6, 6.07) is 9.79. The average molecular weight is 468 g/mol. The number of aromatic nitrogens is 2. The van der Waals surface area contributed by atoms with Crippen LogP contribution >= 0.6 is 24.0 Å². The fourth-order valence-electron chi connectivity index (χ4n) is 2.78. The molecule has 1 aliphatic rings. The van der Waals surface area contributed by atoms with Crippen LogP contribution in [0.2, 0.25) is 0 Å². The lowest BCUT2D eigenvalue weighted by atomic mass is 10.3. The molecule has 2 aromatic rings. The molecule has 2 aromatic heterocycles. The standard InChI is InChI=1S/C18H24N6O.HI/c1-19-18(22-9-14-25-16-5-4-7-20-15-16)24-12-10-23(11-13-24)17-6-2-3-8-21-17;/h2-8,15H,9-14H2,1H3,(H,19,22);1H. The zero-order valence-electron chi connectivity index (χ0n) is 14.9. The molecule has 0 radical (unpaired) electrons. The highest BCUT2D eigenvalue weighted by molar-refractivity contribution is 14.0. The molecular weight excluding hydrogens is 443 g/mol. The van der Waals surface area contributed by atoms with Crippen molar-refractivity contribution in [2.45, 2.75) is 0 Å². The van der Waals surface area contributed by atoms with E-state index in [1.54, 1.807) is 12.4 Å². The minimum absolute atomic E-state index is 0. The largest absolute Gasteiger partial charge is 0.490 e. The summed E-state index contributed by atoms with van der Waals surface area (Å²) >= 11 is 0. The highest BCUT2D eigenvalue weighted by Gasteiger charge is 2.20. The molecule has 1 fully saturated rings. The van der Waals surface area contributed by atoms with Crippen LogP contribution in [0.25, 0.3) is 0 Å². The van der Waals surface area contributed by atoms with E-state index < -0.39 is 0 Å². The molecule has 0 unspecified atom stereocenters. The van der Waals surface area contributed by atoms with Crippen LogP contribution in [0, 0.1) is 0 Å². The van der Waals surface area contributed by atoms with Gasteiger partial charge in [0.15, 0.2) is 5.96 Å². The van der Waals surface area contributed by atoms with E-state index in [-0.39, 0.29) is 24.0 Å². The van der Waals surface area contributed by atoms with Crippen LogP contribution < -0.4 is 15.0 Å². The van der Waals surface area contributed by atoms with Crippen molar-refractivity contribution < 1.29 is 4.74 Å². The van der Waals surface area contributed by atoms with Gasteiger partial charge in [0, 0.05) is 45.6 Å². The Bertz CT molecular complexity index is 662. The minimum atomic E-state index is 0. The Labute approximate surface area is 171 Å². The van der Waals surface area contributed by atoms with Crippen molar-refractivity contribution in [3.05, 3.63) is 48.9 Å². The molecule has 0 aromatic carbocycles. The maximum Gasteiger partial charge on any atom is 0.193 e. The van der Waals surface area contributed by atoms with Crippen LogP contribution in [-0.2, 0) is 0 Å². The van der Waals surface area contributed by atoms with Gasteiger partial charge in [-0.3, -0.25) is 9.98 Å². The van der Waals surface area contributed by atoms with Gasteiger partial charge < -0.3 is 19.9 Å². The van der Waals surface area contributed by atoms with Crippen molar-refractivity contribution in [3.63, 3.8) is 0 Å². The molecule has 1 saturated heterocycles. The number of halogens is 1. The van der Waals surface area contributed by atoms with Gasteiger partial charge in [-0.25, -0.2) is 4.98 Å². The number of nitrogens with zero attached hydrogens (tertiary/aromatic N) is 5. The van der Waals surface area contributed by atoms with Crippen molar-refractivity contribution in [2.24, 2.45) is 4.99 Å². The van der Waals surface area contributed by atoms with Crippen molar-refractivity contribution in [1.29, 1.82) is 0 Å². The number of pyridine rings is 2. The molecule has 0 atom stereocenters. The molecule has 140 valence electrons. The average Bonchev–Trinajstić information content (AvgIpc) is 2.70. The molecule has 26 heavy (non-hydrogen) atoms. The molecule has 8 heteroatoms. The van der Waals surface area contributed by atoms with E-state index in [9.17, 15) is 0 Å². The van der Waals surface area contributed by atoms with Crippen LogP contribution in [0.5, 0.6) is 5.75 Å². The highest BCUT2D eigenvalue weighted by Crippen LogP contribution is 2.12. The van der Waals surface area contributed by atoms with E-state index in [4.69, 9.17) is 4.74 Å². The maximum absolute atomic E-state index is 5.65. The summed E-state index contributed by atoms with van der Waals surface area (Å²) in [5, 5.41) is 3.36. The van der Waals surface area contributed by atoms with Crippen molar-refractivity contribution in [1.82, 2.24) is 20.2 Å².